The molecule has 18 rings (SSSR count). The van der Waals surface area contributed by atoms with Crippen LogP contribution in [0.4, 0.5) is 0 Å². The minimum absolute atomic E-state index is 0.0336. The smallest absolute Gasteiger partial charge is 0.164 e. The van der Waals surface area contributed by atoms with E-state index < -0.39 is 0 Å². The van der Waals surface area contributed by atoms with Gasteiger partial charge in [-0.1, -0.05) is 206 Å². The average Bonchev–Trinajstić information content (AvgIpc) is 1.36. The Morgan fingerprint density at radius 2 is 0.537 bits per heavy atom. The van der Waals surface area contributed by atoms with Gasteiger partial charge in [-0.3, -0.25) is 0 Å². The third kappa shape index (κ3) is 7.38. The maximum atomic E-state index is 6.37. The minimum Gasteiger partial charge on any atom is -0.456 e. The lowest BCUT2D eigenvalue weighted by Crippen LogP contribution is -2.27. The first-order chi connectivity index (χ1) is 40.6. The molecule has 4 aromatic heterocycles. The van der Waals surface area contributed by atoms with Gasteiger partial charge in [0.1, 0.15) is 22.3 Å². The van der Waals surface area contributed by atoms with Crippen LogP contribution in [-0.2, 0) is 0 Å². The lowest BCUT2D eigenvalue weighted by Gasteiger charge is -2.42. The number of hydrogen-bond donors (Lipinski definition) is 0. The number of hydrogen-bond acceptors (Lipinski definition) is 8. The van der Waals surface area contributed by atoms with E-state index in [4.69, 9.17) is 38.7 Å². The van der Waals surface area contributed by atoms with E-state index in [0.29, 0.717) is 34.9 Å². The first kappa shape index (κ1) is 46.0. The zero-order valence-corrected chi connectivity index (χ0v) is 43.9. The predicted octanol–water partition coefficient (Wildman–Crippen LogP) is 18.2. The summed E-state index contributed by atoms with van der Waals surface area (Å²) >= 11 is 0. The first-order valence-corrected chi connectivity index (χ1v) is 27.6. The van der Waals surface area contributed by atoms with Crippen molar-refractivity contribution in [3.05, 3.63) is 288 Å². The number of benzene rings is 11. The molecule has 382 valence electrons. The summed E-state index contributed by atoms with van der Waals surface area (Å²) in [7, 11) is 0. The molecule has 8 heteroatoms. The van der Waals surface area contributed by atoms with E-state index in [1.165, 1.54) is 33.4 Å². The van der Waals surface area contributed by atoms with Gasteiger partial charge in [-0.15, -0.1) is 0 Å². The van der Waals surface area contributed by atoms with Crippen LogP contribution in [0.15, 0.2) is 264 Å². The number of furan rings is 2. The molecule has 0 spiro atoms. The summed E-state index contributed by atoms with van der Waals surface area (Å²) in [5.74, 6) is 3.55. The van der Waals surface area contributed by atoms with Crippen LogP contribution in [0.25, 0.3) is 134 Å². The molecular weight excluding hydrogens is 1000 g/mol. The lowest BCUT2D eigenvalue weighted by atomic mass is 9.61. The summed E-state index contributed by atoms with van der Waals surface area (Å²) < 4.78 is 12.7. The summed E-state index contributed by atoms with van der Waals surface area (Å²) in [6.45, 7) is 0. The first-order valence-electron chi connectivity index (χ1n) is 27.6. The summed E-state index contributed by atoms with van der Waals surface area (Å²) in [5.41, 5.74) is 20.5. The molecule has 2 unspecified atom stereocenters. The molecule has 0 N–H and O–H groups in total. The van der Waals surface area contributed by atoms with Gasteiger partial charge in [0.2, 0.25) is 0 Å². The van der Waals surface area contributed by atoms with Gasteiger partial charge in [-0.25, -0.2) is 29.9 Å². The van der Waals surface area contributed by atoms with Crippen molar-refractivity contribution in [1.82, 2.24) is 29.9 Å². The summed E-state index contributed by atoms with van der Waals surface area (Å²) in [5, 5.41) is 4.36. The van der Waals surface area contributed by atoms with Crippen molar-refractivity contribution in [2.75, 3.05) is 0 Å². The second-order valence-corrected chi connectivity index (χ2v) is 21.2. The Hall–Kier alpha value is -11.0. The quantitative estimate of drug-likeness (QED) is 0.148. The van der Waals surface area contributed by atoms with E-state index in [-0.39, 0.29) is 11.8 Å². The van der Waals surface area contributed by atoms with Crippen LogP contribution in [0.3, 0.4) is 0 Å². The van der Waals surface area contributed by atoms with Crippen LogP contribution in [0.1, 0.15) is 45.2 Å². The number of rotatable bonds is 8. The summed E-state index contributed by atoms with van der Waals surface area (Å²) in [6, 6.07) is 88.8. The van der Waals surface area contributed by atoms with Crippen molar-refractivity contribution in [2.24, 2.45) is 0 Å². The van der Waals surface area contributed by atoms with Crippen LogP contribution in [0.2, 0.25) is 0 Å². The second-order valence-electron chi connectivity index (χ2n) is 21.2. The second kappa shape index (κ2) is 18.3. The lowest BCUT2D eigenvalue weighted by molar-refractivity contribution is 0.668. The van der Waals surface area contributed by atoms with E-state index in [1.54, 1.807) is 0 Å². The summed E-state index contributed by atoms with van der Waals surface area (Å²) in [4.78, 5) is 31.7. The highest BCUT2D eigenvalue weighted by Gasteiger charge is 2.42. The van der Waals surface area contributed by atoms with Gasteiger partial charge < -0.3 is 8.83 Å². The SMILES string of the molecule is c1ccc(-c2nc(-c3ccc4c(c3)C3c5ccccc5C4c4cc(-c5nc(-c6ccccc6)nc(-c6ccccc6-c6ccc7c(c6)oc6ccccc67)n5)ccc43)nc(-c3ccccc3-c3ccc4c(c3)oc3ccccc34)n2)cc1. The molecule has 15 aromatic rings. The van der Waals surface area contributed by atoms with Gasteiger partial charge >= 0.3 is 0 Å². The molecule has 2 atom stereocenters. The fourth-order valence-corrected chi connectivity index (χ4v) is 12.8. The van der Waals surface area contributed by atoms with Crippen LogP contribution in [0.5, 0.6) is 0 Å². The highest BCUT2D eigenvalue weighted by molar-refractivity contribution is 6.07. The van der Waals surface area contributed by atoms with Crippen LogP contribution >= 0.6 is 0 Å². The molecule has 4 heterocycles. The topological polar surface area (TPSA) is 104 Å². The third-order valence-corrected chi connectivity index (χ3v) is 16.6. The van der Waals surface area contributed by atoms with Crippen LogP contribution in [-0.4, -0.2) is 29.9 Å². The monoisotopic (exact) mass is 1050 g/mol. The van der Waals surface area contributed by atoms with Crippen molar-refractivity contribution in [3.63, 3.8) is 0 Å². The molecule has 3 aliphatic rings. The molecule has 8 nitrogen and oxygen atoms in total. The molecule has 2 bridgehead atoms. The number of nitrogens with zero attached hydrogens (tertiary/aromatic N) is 6. The highest BCUT2D eigenvalue weighted by Crippen LogP contribution is 2.57. The van der Waals surface area contributed by atoms with Crippen molar-refractivity contribution in [1.29, 1.82) is 0 Å². The fraction of sp³-hybridized carbons (Fsp3) is 0.0270. The Bertz CT molecular complexity index is 4770. The van der Waals surface area contributed by atoms with Crippen molar-refractivity contribution in [3.8, 4) is 90.6 Å². The van der Waals surface area contributed by atoms with E-state index >= 15 is 0 Å². The number of fused-ring (bicyclic) bond motifs is 6. The van der Waals surface area contributed by atoms with E-state index in [2.05, 4.69) is 170 Å². The zero-order chi connectivity index (χ0) is 53.8. The van der Waals surface area contributed by atoms with E-state index in [0.717, 1.165) is 99.5 Å². The van der Waals surface area contributed by atoms with Crippen molar-refractivity contribution in [2.45, 2.75) is 11.8 Å². The van der Waals surface area contributed by atoms with Crippen LogP contribution < -0.4 is 0 Å². The van der Waals surface area contributed by atoms with Gasteiger partial charge in [-0.05, 0) is 104 Å². The molecular formula is C74H44N6O2. The van der Waals surface area contributed by atoms with E-state index in [1.807, 2.05) is 84.9 Å². The molecule has 3 aliphatic carbocycles. The molecule has 0 aliphatic heterocycles. The summed E-state index contributed by atoms with van der Waals surface area (Å²) in [6.07, 6.45) is 0. The Morgan fingerprint density at radius 1 is 0.207 bits per heavy atom. The largest absolute Gasteiger partial charge is 0.456 e. The predicted molar refractivity (Wildman–Crippen MR) is 326 cm³/mol. The molecule has 82 heavy (non-hydrogen) atoms. The van der Waals surface area contributed by atoms with Crippen molar-refractivity contribution >= 4 is 43.9 Å². The zero-order valence-electron chi connectivity index (χ0n) is 43.9. The maximum Gasteiger partial charge on any atom is 0.164 e. The number of para-hydroxylation sites is 2. The van der Waals surface area contributed by atoms with Gasteiger partial charge in [-0.2, -0.15) is 0 Å². The Balaban J connectivity index is 0.776. The molecule has 0 radical (unpaired) electrons. The molecule has 0 amide bonds. The molecule has 11 aromatic carbocycles. The Labute approximate surface area is 470 Å². The molecule has 0 saturated carbocycles. The fourth-order valence-electron chi connectivity index (χ4n) is 12.8. The number of aromatic nitrogens is 6. The minimum atomic E-state index is -0.0336. The third-order valence-electron chi connectivity index (χ3n) is 16.6. The van der Waals surface area contributed by atoms with Crippen LogP contribution in [0, 0.1) is 0 Å². The Kier molecular flexibility index (Phi) is 10.3. The van der Waals surface area contributed by atoms with E-state index in [9.17, 15) is 0 Å². The van der Waals surface area contributed by atoms with Gasteiger partial charge in [0.15, 0.2) is 34.9 Å². The highest BCUT2D eigenvalue weighted by atomic mass is 16.3. The average molecular weight is 1050 g/mol. The maximum absolute atomic E-state index is 6.37. The standard InChI is InChI=1S/C74H44N6O2/c1-3-17-43(18-4-1)69-75-71(79-73(77-69)59-27-11-7-21-49(59)45-31-35-53-51-23-13-15-29-63(51)81-65(53)41-45)47-33-37-57-61(39-47)67-55-25-9-10-26-56(55)68(57)62-40-48(34-38-58(62)67)72-76-70(44-19-5-2-6-20-44)78-74(80-72)60-28-12-8-22-50(60)46-32-36-54-52-24-14-16-30-64(52)82-66(54)42-46/h1-42,67-68H. The Morgan fingerprint density at radius 3 is 0.988 bits per heavy atom. The normalized spacial score (nSPS) is 14.1. The van der Waals surface area contributed by atoms with Gasteiger partial charge in [0.25, 0.3) is 0 Å². The van der Waals surface area contributed by atoms with Gasteiger partial charge in [0.05, 0.1) is 0 Å². The molecule has 0 fully saturated rings. The van der Waals surface area contributed by atoms with Crippen molar-refractivity contribution < 1.29 is 8.83 Å². The van der Waals surface area contributed by atoms with Gasteiger partial charge in [0, 0.05) is 66.8 Å². The molecule has 0 saturated heterocycles.